The normalized spacial score (nSPS) is 24.0. The van der Waals surface area contributed by atoms with E-state index in [0.717, 1.165) is 35.1 Å². The number of imide groups is 1. The molecule has 2 heterocycles. The first kappa shape index (κ1) is 17.9. The zero-order chi connectivity index (χ0) is 17.9. The summed E-state index contributed by atoms with van der Waals surface area (Å²) in [5, 5.41) is 9.66. The van der Waals surface area contributed by atoms with Crippen LogP contribution in [0.1, 0.15) is 18.4 Å². The molecule has 0 aliphatic carbocycles. The largest absolute Gasteiger partial charge is 0.396 e. The van der Waals surface area contributed by atoms with E-state index in [1.165, 1.54) is 0 Å². The van der Waals surface area contributed by atoms with Gasteiger partial charge in [-0.1, -0.05) is 42.1 Å². The van der Waals surface area contributed by atoms with E-state index in [9.17, 15) is 19.5 Å². The average molecular weight is 362 g/mol. The Bertz CT molecular complexity index is 650. The topological polar surface area (TPSA) is 77.9 Å². The molecule has 0 aromatic heterocycles. The van der Waals surface area contributed by atoms with Gasteiger partial charge in [-0.3, -0.25) is 19.3 Å². The highest BCUT2D eigenvalue weighted by molar-refractivity contribution is 8.14. The Labute approximate surface area is 151 Å². The lowest BCUT2D eigenvalue weighted by Crippen LogP contribution is -2.51. The van der Waals surface area contributed by atoms with Gasteiger partial charge in [0.15, 0.2) is 0 Å². The molecule has 0 radical (unpaired) electrons. The third kappa shape index (κ3) is 4.04. The first-order chi connectivity index (χ1) is 12.0. The monoisotopic (exact) mass is 362 g/mol. The maximum absolute atomic E-state index is 12.6. The standard InChI is InChI=1S/C18H22N2O4S/c21-13-18(9-14-5-2-1-3-6-14)7-4-8-19(12-18)15(22)10-20-16(23)11-25-17(20)24/h1-3,5-6,21H,4,7-13H2/t18-/m1/s1. The Hall–Kier alpha value is -1.86. The van der Waals surface area contributed by atoms with E-state index in [1.807, 2.05) is 30.3 Å². The van der Waals surface area contributed by atoms with Crippen molar-refractivity contribution in [2.24, 2.45) is 5.41 Å². The van der Waals surface area contributed by atoms with Crippen molar-refractivity contribution in [3.63, 3.8) is 0 Å². The molecule has 1 aromatic carbocycles. The van der Waals surface area contributed by atoms with E-state index in [2.05, 4.69) is 0 Å². The second-order valence-corrected chi connectivity index (χ2v) is 7.70. The number of likely N-dealkylation sites (tertiary alicyclic amines) is 1. The minimum Gasteiger partial charge on any atom is -0.396 e. The summed E-state index contributed by atoms with van der Waals surface area (Å²) >= 11 is 0.935. The molecule has 2 aliphatic rings. The molecule has 1 aromatic rings. The maximum atomic E-state index is 12.6. The molecule has 25 heavy (non-hydrogen) atoms. The molecule has 7 heteroatoms. The van der Waals surface area contributed by atoms with Gasteiger partial charge in [-0.25, -0.2) is 0 Å². The second-order valence-electron chi connectivity index (χ2n) is 6.77. The lowest BCUT2D eigenvalue weighted by atomic mass is 9.75. The zero-order valence-corrected chi connectivity index (χ0v) is 14.8. The first-order valence-corrected chi connectivity index (χ1v) is 9.41. The van der Waals surface area contributed by atoms with Crippen molar-refractivity contribution in [1.82, 2.24) is 9.80 Å². The molecule has 2 saturated heterocycles. The third-order valence-electron chi connectivity index (χ3n) is 4.91. The van der Waals surface area contributed by atoms with Gasteiger partial charge >= 0.3 is 0 Å². The van der Waals surface area contributed by atoms with Crippen molar-refractivity contribution in [3.8, 4) is 0 Å². The van der Waals surface area contributed by atoms with Crippen LogP contribution in [0.15, 0.2) is 30.3 Å². The highest BCUT2D eigenvalue weighted by Crippen LogP contribution is 2.33. The number of carbonyl (C=O) groups excluding carboxylic acids is 3. The Balaban J connectivity index is 1.67. The summed E-state index contributed by atoms with van der Waals surface area (Å²) in [6.45, 7) is 0.847. The van der Waals surface area contributed by atoms with E-state index in [4.69, 9.17) is 0 Å². The summed E-state index contributed by atoms with van der Waals surface area (Å²) in [5.74, 6) is -0.423. The first-order valence-electron chi connectivity index (χ1n) is 8.43. The molecule has 6 nitrogen and oxygen atoms in total. The SMILES string of the molecule is O=C(CN1C(=O)CSC1=O)N1CCC[C@@](CO)(Cc2ccccc2)C1. The fraction of sp³-hybridized carbons (Fsp3) is 0.500. The second kappa shape index (κ2) is 7.58. The molecule has 134 valence electrons. The van der Waals surface area contributed by atoms with Gasteiger partial charge in [-0.15, -0.1) is 0 Å². The van der Waals surface area contributed by atoms with Crippen molar-refractivity contribution in [2.45, 2.75) is 19.3 Å². The molecule has 3 amide bonds. The number of piperidine rings is 1. The zero-order valence-electron chi connectivity index (χ0n) is 14.0. The van der Waals surface area contributed by atoms with Crippen LogP contribution in [-0.4, -0.2) is 64.0 Å². The molecule has 1 N–H and O–H groups in total. The van der Waals surface area contributed by atoms with Crippen molar-refractivity contribution >= 4 is 28.8 Å². The molecule has 2 fully saturated rings. The predicted octanol–water partition coefficient (Wildman–Crippen LogP) is 1.53. The number of amides is 3. The average Bonchev–Trinajstić information content (AvgIpc) is 2.94. The molecule has 0 bridgehead atoms. The van der Waals surface area contributed by atoms with Crippen LogP contribution in [0.5, 0.6) is 0 Å². The summed E-state index contributed by atoms with van der Waals surface area (Å²) in [6.07, 6.45) is 2.35. The predicted molar refractivity (Wildman–Crippen MR) is 95.0 cm³/mol. The van der Waals surface area contributed by atoms with E-state index >= 15 is 0 Å². The quantitative estimate of drug-likeness (QED) is 0.859. The van der Waals surface area contributed by atoms with Crippen molar-refractivity contribution in [2.75, 3.05) is 32.0 Å². The van der Waals surface area contributed by atoms with Crippen molar-refractivity contribution < 1.29 is 19.5 Å². The van der Waals surface area contributed by atoms with E-state index in [1.54, 1.807) is 4.90 Å². The third-order valence-corrected chi connectivity index (χ3v) is 5.76. The highest BCUT2D eigenvalue weighted by Gasteiger charge is 2.39. The lowest BCUT2D eigenvalue weighted by Gasteiger charge is -2.42. The van der Waals surface area contributed by atoms with Crippen LogP contribution >= 0.6 is 11.8 Å². The van der Waals surface area contributed by atoms with Gasteiger partial charge in [0.25, 0.3) is 5.24 Å². The van der Waals surface area contributed by atoms with Gasteiger partial charge in [0.1, 0.15) is 6.54 Å². The minimum atomic E-state index is -0.372. The smallest absolute Gasteiger partial charge is 0.289 e. The van der Waals surface area contributed by atoms with Gasteiger partial charge < -0.3 is 10.0 Å². The van der Waals surface area contributed by atoms with Gasteiger partial charge in [-0.05, 0) is 24.8 Å². The van der Waals surface area contributed by atoms with Crippen LogP contribution in [0.3, 0.4) is 0 Å². The molecular formula is C18H22N2O4S. The van der Waals surface area contributed by atoms with Crippen LogP contribution in [-0.2, 0) is 16.0 Å². The number of carbonyl (C=O) groups is 3. The van der Waals surface area contributed by atoms with Crippen LogP contribution in [0.2, 0.25) is 0 Å². The molecular weight excluding hydrogens is 340 g/mol. The number of aliphatic hydroxyl groups excluding tert-OH is 1. The molecule has 3 rings (SSSR count). The molecule has 2 aliphatic heterocycles. The Morgan fingerprint density at radius 3 is 2.64 bits per heavy atom. The van der Waals surface area contributed by atoms with Gasteiger partial charge in [0.2, 0.25) is 11.8 Å². The number of benzene rings is 1. The summed E-state index contributed by atoms with van der Waals surface area (Å²) in [6, 6.07) is 9.94. The number of rotatable bonds is 5. The van der Waals surface area contributed by atoms with Gasteiger partial charge in [0, 0.05) is 18.5 Å². The van der Waals surface area contributed by atoms with Crippen LogP contribution < -0.4 is 0 Å². The van der Waals surface area contributed by atoms with Crippen LogP contribution in [0.25, 0.3) is 0 Å². The van der Waals surface area contributed by atoms with Crippen molar-refractivity contribution in [3.05, 3.63) is 35.9 Å². The summed E-state index contributed by atoms with van der Waals surface area (Å²) < 4.78 is 0. The maximum Gasteiger partial charge on any atom is 0.289 e. The fourth-order valence-electron chi connectivity index (χ4n) is 3.55. The van der Waals surface area contributed by atoms with Crippen molar-refractivity contribution in [1.29, 1.82) is 0 Å². The Kier molecular flexibility index (Phi) is 5.44. The van der Waals surface area contributed by atoms with Gasteiger partial charge in [0.05, 0.1) is 12.4 Å². The number of thioether (sulfide) groups is 1. The van der Waals surface area contributed by atoms with Gasteiger partial charge in [-0.2, -0.15) is 0 Å². The number of aliphatic hydroxyl groups is 1. The highest BCUT2D eigenvalue weighted by atomic mass is 32.2. The Morgan fingerprint density at radius 2 is 2.00 bits per heavy atom. The Morgan fingerprint density at radius 1 is 1.24 bits per heavy atom. The van der Waals surface area contributed by atoms with Crippen LogP contribution in [0.4, 0.5) is 4.79 Å². The molecule has 0 unspecified atom stereocenters. The molecule has 0 spiro atoms. The number of hydrogen-bond acceptors (Lipinski definition) is 5. The molecule has 1 atom stereocenters. The summed E-state index contributed by atoms with van der Waals surface area (Å²) in [4.78, 5) is 38.7. The van der Waals surface area contributed by atoms with E-state index in [-0.39, 0.29) is 41.4 Å². The van der Waals surface area contributed by atoms with Crippen LogP contribution in [0, 0.1) is 5.41 Å². The summed E-state index contributed by atoms with van der Waals surface area (Å²) in [7, 11) is 0. The van der Waals surface area contributed by atoms with E-state index in [0.29, 0.717) is 19.5 Å². The van der Waals surface area contributed by atoms with E-state index < -0.39 is 0 Å². The summed E-state index contributed by atoms with van der Waals surface area (Å²) in [5.41, 5.74) is 0.760. The number of nitrogens with zero attached hydrogens (tertiary/aromatic N) is 2. The molecule has 0 saturated carbocycles. The fourth-order valence-corrected chi connectivity index (χ4v) is 4.27. The lowest BCUT2D eigenvalue weighted by molar-refractivity contribution is -0.139. The number of hydrogen-bond donors (Lipinski definition) is 1. The minimum absolute atomic E-state index is 0.00308.